The third-order valence-electron chi connectivity index (χ3n) is 5.82. The lowest BCUT2D eigenvalue weighted by Crippen LogP contribution is -2.50. The molecular formula is C20H27N3O3. The van der Waals surface area contributed by atoms with Gasteiger partial charge in [-0.1, -0.05) is 37.6 Å². The van der Waals surface area contributed by atoms with E-state index in [9.17, 15) is 14.4 Å². The predicted molar refractivity (Wildman–Crippen MR) is 98.3 cm³/mol. The normalized spacial score (nSPS) is 25.5. The highest BCUT2D eigenvalue weighted by molar-refractivity contribution is 6.09. The summed E-state index contributed by atoms with van der Waals surface area (Å²) in [5.41, 5.74) is 1.32. The van der Waals surface area contributed by atoms with E-state index in [0.717, 1.165) is 35.3 Å². The maximum absolute atomic E-state index is 12.8. The molecule has 1 aliphatic carbocycles. The van der Waals surface area contributed by atoms with Crippen LogP contribution in [0.15, 0.2) is 24.3 Å². The molecule has 140 valence electrons. The van der Waals surface area contributed by atoms with Crippen LogP contribution in [0.2, 0.25) is 0 Å². The first-order chi connectivity index (χ1) is 12.4. The van der Waals surface area contributed by atoms with E-state index in [-0.39, 0.29) is 18.4 Å². The monoisotopic (exact) mass is 357 g/mol. The average molecular weight is 357 g/mol. The Morgan fingerprint density at radius 2 is 1.96 bits per heavy atom. The van der Waals surface area contributed by atoms with Crippen molar-refractivity contribution in [3.63, 3.8) is 0 Å². The van der Waals surface area contributed by atoms with Crippen molar-refractivity contribution in [3.8, 4) is 0 Å². The molecule has 6 heteroatoms. The second-order valence-corrected chi connectivity index (χ2v) is 7.46. The van der Waals surface area contributed by atoms with Crippen LogP contribution in [0.5, 0.6) is 0 Å². The van der Waals surface area contributed by atoms with Crippen LogP contribution >= 0.6 is 0 Å². The van der Waals surface area contributed by atoms with Crippen molar-refractivity contribution in [1.29, 1.82) is 0 Å². The molecule has 0 unspecified atom stereocenters. The molecule has 1 saturated heterocycles. The molecule has 0 atom stereocenters. The van der Waals surface area contributed by atoms with E-state index in [1.54, 1.807) is 0 Å². The van der Waals surface area contributed by atoms with Crippen LogP contribution in [0.25, 0.3) is 0 Å². The quantitative estimate of drug-likeness (QED) is 0.795. The van der Waals surface area contributed by atoms with E-state index in [1.807, 2.05) is 31.2 Å². The number of nitrogens with zero attached hydrogens (tertiary/aromatic N) is 1. The molecule has 0 bridgehead atoms. The van der Waals surface area contributed by atoms with Gasteiger partial charge in [0.25, 0.3) is 5.91 Å². The number of urea groups is 1. The van der Waals surface area contributed by atoms with E-state index in [4.69, 9.17) is 0 Å². The van der Waals surface area contributed by atoms with Crippen molar-refractivity contribution in [2.45, 2.75) is 58.0 Å². The van der Waals surface area contributed by atoms with Crippen LogP contribution in [0.3, 0.4) is 0 Å². The van der Waals surface area contributed by atoms with Crippen molar-refractivity contribution in [2.24, 2.45) is 5.92 Å². The molecule has 0 radical (unpaired) electrons. The van der Waals surface area contributed by atoms with Gasteiger partial charge >= 0.3 is 6.03 Å². The standard InChI is InChI=1S/C20H27N3O3/c1-3-15-8-10-20(11-9-15)18(25)23(19(26)22-20)13-17(24)21-12-16-7-5-4-6-14(16)2/h4-7,15H,3,8-13H2,1-2H3,(H,21,24)(H,22,26). The minimum Gasteiger partial charge on any atom is -0.350 e. The van der Waals surface area contributed by atoms with Gasteiger partial charge in [-0.3, -0.25) is 14.5 Å². The summed E-state index contributed by atoms with van der Waals surface area (Å²) in [6.45, 7) is 4.30. The maximum Gasteiger partial charge on any atom is 0.325 e. The SMILES string of the molecule is CCC1CCC2(CC1)NC(=O)N(CC(=O)NCc1ccccc1C)C2=O. The van der Waals surface area contributed by atoms with E-state index < -0.39 is 11.6 Å². The van der Waals surface area contributed by atoms with Crippen molar-refractivity contribution >= 4 is 17.8 Å². The lowest BCUT2D eigenvalue weighted by atomic mass is 9.75. The minimum absolute atomic E-state index is 0.227. The fourth-order valence-electron chi connectivity index (χ4n) is 3.94. The van der Waals surface area contributed by atoms with E-state index in [2.05, 4.69) is 17.6 Å². The lowest BCUT2D eigenvalue weighted by molar-refractivity contribution is -0.136. The van der Waals surface area contributed by atoms with Gasteiger partial charge in [0, 0.05) is 6.54 Å². The van der Waals surface area contributed by atoms with E-state index in [0.29, 0.717) is 25.3 Å². The Balaban J connectivity index is 1.58. The third-order valence-corrected chi connectivity index (χ3v) is 5.82. The first-order valence-electron chi connectivity index (χ1n) is 9.40. The Labute approximate surface area is 154 Å². The Morgan fingerprint density at radius 3 is 2.62 bits per heavy atom. The molecule has 0 aromatic heterocycles. The second kappa shape index (κ2) is 7.48. The van der Waals surface area contributed by atoms with Crippen molar-refractivity contribution in [2.75, 3.05) is 6.54 Å². The number of carbonyl (C=O) groups excluding carboxylic acids is 3. The van der Waals surface area contributed by atoms with Gasteiger partial charge < -0.3 is 10.6 Å². The van der Waals surface area contributed by atoms with Crippen LogP contribution < -0.4 is 10.6 Å². The fourth-order valence-corrected chi connectivity index (χ4v) is 3.94. The number of nitrogens with one attached hydrogen (secondary N) is 2. The van der Waals surface area contributed by atoms with Crippen LogP contribution in [0, 0.1) is 12.8 Å². The molecule has 3 rings (SSSR count). The number of imide groups is 1. The minimum atomic E-state index is -0.793. The Kier molecular flexibility index (Phi) is 5.30. The zero-order chi connectivity index (χ0) is 18.7. The first-order valence-corrected chi connectivity index (χ1v) is 9.40. The van der Waals surface area contributed by atoms with Crippen LogP contribution in [-0.2, 0) is 16.1 Å². The summed E-state index contributed by atoms with van der Waals surface area (Å²) in [7, 11) is 0. The molecule has 1 aromatic rings. The summed E-state index contributed by atoms with van der Waals surface area (Å²) in [5.74, 6) is 0.0518. The molecule has 2 fully saturated rings. The number of amides is 4. The molecule has 2 aliphatic rings. The highest BCUT2D eigenvalue weighted by Crippen LogP contribution is 2.37. The van der Waals surface area contributed by atoms with Gasteiger partial charge in [-0.25, -0.2) is 4.79 Å². The zero-order valence-corrected chi connectivity index (χ0v) is 15.5. The van der Waals surface area contributed by atoms with Crippen LogP contribution in [0.4, 0.5) is 4.79 Å². The highest BCUT2D eigenvalue weighted by atomic mass is 16.2. The molecular weight excluding hydrogens is 330 g/mol. The van der Waals surface area contributed by atoms with Gasteiger partial charge in [0.05, 0.1) is 0 Å². The lowest BCUT2D eigenvalue weighted by Gasteiger charge is -2.34. The molecule has 2 N–H and O–H groups in total. The Morgan fingerprint density at radius 1 is 1.27 bits per heavy atom. The summed E-state index contributed by atoms with van der Waals surface area (Å²) in [6.07, 6.45) is 4.31. The number of rotatable bonds is 5. The zero-order valence-electron chi connectivity index (χ0n) is 15.5. The highest BCUT2D eigenvalue weighted by Gasteiger charge is 2.52. The summed E-state index contributed by atoms with van der Waals surface area (Å²) in [5, 5.41) is 5.66. The summed E-state index contributed by atoms with van der Waals surface area (Å²) >= 11 is 0. The van der Waals surface area contributed by atoms with Gasteiger partial charge in [0.15, 0.2) is 0 Å². The summed E-state index contributed by atoms with van der Waals surface area (Å²) < 4.78 is 0. The first kappa shape index (κ1) is 18.4. The van der Waals surface area contributed by atoms with Gasteiger partial charge in [0.2, 0.25) is 5.91 Å². The number of hydrogen-bond acceptors (Lipinski definition) is 3. The number of benzene rings is 1. The number of aryl methyl sites for hydroxylation is 1. The third kappa shape index (κ3) is 3.59. The van der Waals surface area contributed by atoms with Gasteiger partial charge in [-0.15, -0.1) is 0 Å². The molecule has 1 spiro atoms. The molecule has 4 amide bonds. The summed E-state index contributed by atoms with van der Waals surface area (Å²) in [6, 6.07) is 7.35. The van der Waals surface area contributed by atoms with Crippen LogP contribution in [-0.4, -0.2) is 34.8 Å². The Bertz CT molecular complexity index is 708. The Hall–Kier alpha value is -2.37. The van der Waals surface area contributed by atoms with E-state index >= 15 is 0 Å². The van der Waals surface area contributed by atoms with Crippen molar-refractivity contribution in [3.05, 3.63) is 35.4 Å². The second-order valence-electron chi connectivity index (χ2n) is 7.46. The van der Waals surface area contributed by atoms with Crippen LogP contribution in [0.1, 0.15) is 50.2 Å². The van der Waals surface area contributed by atoms with Gasteiger partial charge in [-0.2, -0.15) is 0 Å². The molecule has 26 heavy (non-hydrogen) atoms. The fraction of sp³-hybridized carbons (Fsp3) is 0.550. The summed E-state index contributed by atoms with van der Waals surface area (Å²) in [4.78, 5) is 38.4. The topological polar surface area (TPSA) is 78.5 Å². The van der Waals surface area contributed by atoms with Gasteiger partial charge in [-0.05, 0) is 49.7 Å². The number of carbonyl (C=O) groups is 3. The predicted octanol–water partition coefficient (Wildman–Crippen LogP) is 2.50. The molecule has 6 nitrogen and oxygen atoms in total. The smallest absolute Gasteiger partial charge is 0.325 e. The maximum atomic E-state index is 12.8. The molecule has 1 aromatic carbocycles. The molecule has 1 aliphatic heterocycles. The van der Waals surface area contributed by atoms with Gasteiger partial charge in [0.1, 0.15) is 12.1 Å². The number of hydrogen-bond donors (Lipinski definition) is 2. The molecule has 1 saturated carbocycles. The van der Waals surface area contributed by atoms with E-state index in [1.165, 1.54) is 0 Å². The van der Waals surface area contributed by atoms with Crippen molar-refractivity contribution < 1.29 is 14.4 Å². The van der Waals surface area contributed by atoms with Crippen molar-refractivity contribution in [1.82, 2.24) is 15.5 Å². The largest absolute Gasteiger partial charge is 0.350 e. The molecule has 1 heterocycles. The average Bonchev–Trinajstić information content (AvgIpc) is 2.86.